The van der Waals surface area contributed by atoms with Crippen molar-refractivity contribution < 1.29 is 14.3 Å². The summed E-state index contributed by atoms with van der Waals surface area (Å²) >= 11 is 0. The number of hydrogen-bond acceptors (Lipinski definition) is 3. The fourth-order valence-electron chi connectivity index (χ4n) is 4.93. The molecule has 34 heavy (non-hydrogen) atoms. The number of rotatable bonds is 6. The van der Waals surface area contributed by atoms with Gasteiger partial charge in [-0.1, -0.05) is 48.5 Å². The molecule has 1 aliphatic heterocycles. The molecule has 1 atom stereocenters. The van der Waals surface area contributed by atoms with Crippen molar-refractivity contribution in [2.45, 2.75) is 19.5 Å². The van der Waals surface area contributed by atoms with E-state index >= 15 is 0 Å². The molecule has 0 aliphatic carbocycles. The lowest BCUT2D eigenvalue weighted by atomic mass is 9.95. The van der Waals surface area contributed by atoms with E-state index in [2.05, 4.69) is 28.9 Å². The second kappa shape index (κ2) is 8.71. The zero-order valence-electron chi connectivity index (χ0n) is 19.5. The molecule has 3 aromatic carbocycles. The number of ether oxygens (including phenoxy) is 1. The Kier molecular flexibility index (Phi) is 5.57. The number of aryl methyl sites for hydroxylation is 1. The molecular weight excluding hydrogens is 426 g/mol. The van der Waals surface area contributed by atoms with Crippen LogP contribution in [0.2, 0.25) is 0 Å². The monoisotopic (exact) mass is 453 g/mol. The highest BCUT2D eigenvalue weighted by molar-refractivity contribution is 6.02. The number of methoxy groups -OCH3 is 1. The number of benzene rings is 3. The average Bonchev–Trinajstić information content (AvgIpc) is 3.28. The van der Waals surface area contributed by atoms with E-state index in [1.165, 1.54) is 0 Å². The minimum atomic E-state index is -0.322. The van der Waals surface area contributed by atoms with E-state index in [9.17, 15) is 9.59 Å². The van der Waals surface area contributed by atoms with Crippen LogP contribution >= 0.6 is 0 Å². The second-order valence-corrected chi connectivity index (χ2v) is 8.63. The van der Waals surface area contributed by atoms with E-state index in [0.717, 1.165) is 39.0 Å². The van der Waals surface area contributed by atoms with Crippen molar-refractivity contribution in [2.75, 3.05) is 13.7 Å². The Hall–Kier alpha value is -4.06. The van der Waals surface area contributed by atoms with Crippen LogP contribution in [0.25, 0.3) is 10.9 Å². The standard InChI is InChI=1S/C28H27N3O3/c1-18-26(23-13-6-7-14-24(23)30(18)2)27-21-11-4-5-12-22(21)28(33)31(27)17-25(32)29-16-19-9-8-10-20(15-19)34-3/h4-15,27H,16-17H2,1-3H3,(H,29,32)/t27-/m1/s1. The van der Waals surface area contributed by atoms with Crippen molar-refractivity contribution in [1.29, 1.82) is 0 Å². The smallest absolute Gasteiger partial charge is 0.255 e. The van der Waals surface area contributed by atoms with E-state index in [0.29, 0.717) is 12.1 Å². The first-order valence-electron chi connectivity index (χ1n) is 11.3. The zero-order chi connectivity index (χ0) is 23.8. The Balaban J connectivity index is 1.47. The van der Waals surface area contributed by atoms with E-state index in [4.69, 9.17) is 4.74 Å². The molecule has 0 saturated heterocycles. The number of hydrogen-bond donors (Lipinski definition) is 1. The summed E-state index contributed by atoms with van der Waals surface area (Å²) in [6.45, 7) is 2.41. The number of para-hydroxylation sites is 1. The van der Waals surface area contributed by atoms with Crippen LogP contribution in [-0.4, -0.2) is 34.9 Å². The molecule has 6 nitrogen and oxygen atoms in total. The van der Waals surface area contributed by atoms with E-state index < -0.39 is 0 Å². The Bertz CT molecular complexity index is 1410. The van der Waals surface area contributed by atoms with Crippen molar-refractivity contribution in [3.8, 4) is 5.75 Å². The summed E-state index contributed by atoms with van der Waals surface area (Å²) in [4.78, 5) is 28.2. The highest BCUT2D eigenvalue weighted by Crippen LogP contribution is 2.43. The molecule has 0 fully saturated rings. The summed E-state index contributed by atoms with van der Waals surface area (Å²) in [6, 6.07) is 23.1. The van der Waals surface area contributed by atoms with Gasteiger partial charge in [0.15, 0.2) is 0 Å². The quantitative estimate of drug-likeness (QED) is 0.472. The second-order valence-electron chi connectivity index (χ2n) is 8.63. The van der Waals surface area contributed by atoms with Crippen molar-refractivity contribution in [3.63, 3.8) is 0 Å². The average molecular weight is 454 g/mol. The third-order valence-electron chi connectivity index (χ3n) is 6.72. The number of nitrogens with one attached hydrogen (secondary N) is 1. The van der Waals surface area contributed by atoms with Crippen LogP contribution in [0.3, 0.4) is 0 Å². The normalized spacial score (nSPS) is 15.0. The van der Waals surface area contributed by atoms with Crippen LogP contribution in [-0.2, 0) is 18.4 Å². The predicted molar refractivity (Wildman–Crippen MR) is 132 cm³/mol. The summed E-state index contributed by atoms with van der Waals surface area (Å²) in [5, 5.41) is 4.06. The minimum absolute atomic E-state index is 0.0230. The first-order chi connectivity index (χ1) is 16.5. The zero-order valence-corrected chi connectivity index (χ0v) is 19.5. The van der Waals surface area contributed by atoms with Gasteiger partial charge in [0.25, 0.3) is 5.91 Å². The maximum atomic E-state index is 13.5. The van der Waals surface area contributed by atoms with Gasteiger partial charge >= 0.3 is 0 Å². The molecule has 172 valence electrons. The molecule has 0 bridgehead atoms. The maximum absolute atomic E-state index is 13.5. The lowest BCUT2D eigenvalue weighted by Crippen LogP contribution is -2.39. The van der Waals surface area contributed by atoms with E-state index in [1.54, 1.807) is 12.0 Å². The van der Waals surface area contributed by atoms with Crippen LogP contribution in [0.4, 0.5) is 0 Å². The number of nitrogens with zero attached hydrogens (tertiary/aromatic N) is 2. The van der Waals surface area contributed by atoms with Gasteiger partial charge in [0.05, 0.1) is 13.2 Å². The fraction of sp³-hybridized carbons (Fsp3) is 0.214. The molecule has 1 aliphatic rings. The molecule has 0 unspecified atom stereocenters. The molecule has 0 saturated carbocycles. The van der Waals surface area contributed by atoms with Gasteiger partial charge in [-0.2, -0.15) is 0 Å². The largest absolute Gasteiger partial charge is 0.497 e. The SMILES string of the molecule is COc1cccc(CNC(=O)CN2C(=O)c3ccccc3[C@@H]2c2c(C)n(C)c3ccccc23)c1. The van der Waals surface area contributed by atoms with Gasteiger partial charge in [0.1, 0.15) is 12.3 Å². The molecule has 1 aromatic heterocycles. The van der Waals surface area contributed by atoms with Crippen LogP contribution in [0.1, 0.15) is 38.8 Å². The van der Waals surface area contributed by atoms with Crippen LogP contribution in [0.15, 0.2) is 72.8 Å². The van der Waals surface area contributed by atoms with Crippen molar-refractivity contribution in [3.05, 3.63) is 101 Å². The lowest BCUT2D eigenvalue weighted by Gasteiger charge is -2.26. The number of amides is 2. The van der Waals surface area contributed by atoms with E-state index in [-0.39, 0.29) is 24.4 Å². The number of carbonyl (C=O) groups is 2. The number of carbonyl (C=O) groups excluding carboxylic acids is 2. The summed E-state index contributed by atoms with van der Waals surface area (Å²) < 4.78 is 7.41. The first-order valence-corrected chi connectivity index (χ1v) is 11.3. The molecule has 0 radical (unpaired) electrons. The predicted octanol–water partition coefficient (Wildman–Crippen LogP) is 4.36. The summed E-state index contributed by atoms with van der Waals surface area (Å²) in [5.74, 6) is 0.416. The maximum Gasteiger partial charge on any atom is 0.255 e. The summed E-state index contributed by atoms with van der Waals surface area (Å²) in [7, 11) is 3.65. The van der Waals surface area contributed by atoms with Gasteiger partial charge in [-0.05, 0) is 42.3 Å². The highest BCUT2D eigenvalue weighted by atomic mass is 16.5. The molecule has 1 N–H and O–H groups in total. The molecule has 4 aromatic rings. The van der Waals surface area contributed by atoms with Crippen molar-refractivity contribution in [1.82, 2.24) is 14.8 Å². The topological polar surface area (TPSA) is 63.6 Å². The molecule has 6 heteroatoms. The Morgan fingerprint density at radius 2 is 1.79 bits per heavy atom. The highest BCUT2D eigenvalue weighted by Gasteiger charge is 2.40. The summed E-state index contributed by atoms with van der Waals surface area (Å²) in [6.07, 6.45) is 0. The number of fused-ring (bicyclic) bond motifs is 2. The lowest BCUT2D eigenvalue weighted by molar-refractivity contribution is -0.122. The van der Waals surface area contributed by atoms with Gasteiger partial charge in [-0.25, -0.2) is 0 Å². The minimum Gasteiger partial charge on any atom is -0.497 e. The number of aromatic nitrogens is 1. The molecule has 2 heterocycles. The molecule has 5 rings (SSSR count). The Morgan fingerprint density at radius 3 is 2.62 bits per heavy atom. The van der Waals surface area contributed by atoms with Gasteiger partial charge in [0.2, 0.25) is 5.91 Å². The van der Waals surface area contributed by atoms with Gasteiger partial charge in [0, 0.05) is 41.3 Å². The van der Waals surface area contributed by atoms with Crippen LogP contribution in [0.5, 0.6) is 5.75 Å². The molecule has 0 spiro atoms. The Morgan fingerprint density at radius 1 is 1.03 bits per heavy atom. The first kappa shape index (κ1) is 21.8. The molecule has 2 amide bonds. The van der Waals surface area contributed by atoms with Crippen LogP contribution in [0, 0.1) is 6.92 Å². The van der Waals surface area contributed by atoms with Crippen LogP contribution < -0.4 is 10.1 Å². The van der Waals surface area contributed by atoms with Crippen molar-refractivity contribution >= 4 is 22.7 Å². The Labute approximate surface area is 198 Å². The van der Waals surface area contributed by atoms with Gasteiger partial charge in [-0.15, -0.1) is 0 Å². The van der Waals surface area contributed by atoms with Gasteiger partial charge < -0.3 is 19.5 Å². The van der Waals surface area contributed by atoms with E-state index in [1.807, 2.05) is 67.7 Å². The molecular formula is C28H27N3O3. The third kappa shape index (κ3) is 3.61. The summed E-state index contributed by atoms with van der Waals surface area (Å²) in [5.41, 5.74) is 5.78. The van der Waals surface area contributed by atoms with Gasteiger partial charge in [-0.3, -0.25) is 9.59 Å². The fourth-order valence-corrected chi connectivity index (χ4v) is 4.93. The third-order valence-corrected chi connectivity index (χ3v) is 6.72. The van der Waals surface area contributed by atoms with Crippen molar-refractivity contribution in [2.24, 2.45) is 7.05 Å².